The lowest BCUT2D eigenvalue weighted by atomic mass is 9.88. The topological polar surface area (TPSA) is 48.0 Å². The number of para-hydroxylation sites is 1. The van der Waals surface area contributed by atoms with Crippen LogP contribution in [0.1, 0.15) is 32.6 Å². The van der Waals surface area contributed by atoms with Gasteiger partial charge in [0.15, 0.2) is 0 Å². The van der Waals surface area contributed by atoms with E-state index in [4.69, 9.17) is 14.2 Å². The lowest BCUT2D eigenvalue weighted by Crippen LogP contribution is -2.46. The van der Waals surface area contributed by atoms with Gasteiger partial charge in [-0.05, 0) is 31.9 Å². The molecule has 5 nitrogen and oxygen atoms in total. The van der Waals surface area contributed by atoms with Crippen molar-refractivity contribution in [1.29, 1.82) is 0 Å². The summed E-state index contributed by atoms with van der Waals surface area (Å²) in [4.78, 5) is 14.3. The first kappa shape index (κ1) is 17.2. The van der Waals surface area contributed by atoms with Crippen LogP contribution in [0.4, 0.5) is 0 Å². The minimum absolute atomic E-state index is 0.0723. The lowest BCUT2D eigenvalue weighted by Gasteiger charge is -2.38. The molecular weight excluding hydrogens is 306 g/mol. The van der Waals surface area contributed by atoms with Gasteiger partial charge in [0.2, 0.25) is 5.91 Å². The molecule has 3 rings (SSSR count). The second kappa shape index (κ2) is 7.99. The van der Waals surface area contributed by atoms with Crippen molar-refractivity contribution in [1.82, 2.24) is 4.90 Å². The lowest BCUT2D eigenvalue weighted by molar-refractivity contribution is -0.136. The van der Waals surface area contributed by atoms with E-state index in [9.17, 15) is 4.79 Å². The molecule has 5 heteroatoms. The minimum atomic E-state index is -0.0723. The van der Waals surface area contributed by atoms with Crippen molar-refractivity contribution in [3.05, 3.63) is 30.3 Å². The fraction of sp³-hybridized carbons (Fsp3) is 0.632. The number of nitrogens with zero attached hydrogens (tertiary/aromatic N) is 1. The summed E-state index contributed by atoms with van der Waals surface area (Å²) >= 11 is 0. The second-order valence-corrected chi connectivity index (χ2v) is 6.57. The van der Waals surface area contributed by atoms with E-state index in [1.54, 1.807) is 0 Å². The van der Waals surface area contributed by atoms with Gasteiger partial charge >= 0.3 is 0 Å². The fourth-order valence-electron chi connectivity index (χ4n) is 3.59. The minimum Gasteiger partial charge on any atom is -0.493 e. The molecule has 1 aromatic carbocycles. The predicted octanol–water partition coefficient (Wildman–Crippen LogP) is 2.64. The van der Waals surface area contributed by atoms with Crippen molar-refractivity contribution in [2.45, 2.75) is 44.3 Å². The Balaban J connectivity index is 1.39. The number of carbonyl (C=O) groups excluding carboxylic acids is 1. The number of amides is 1. The van der Waals surface area contributed by atoms with Crippen molar-refractivity contribution in [2.75, 3.05) is 32.9 Å². The highest BCUT2D eigenvalue weighted by Gasteiger charge is 2.43. The van der Waals surface area contributed by atoms with Crippen LogP contribution in [-0.2, 0) is 14.3 Å². The van der Waals surface area contributed by atoms with Crippen molar-refractivity contribution < 1.29 is 19.0 Å². The standard InChI is InChI=1S/C19H27NO4/c1-2-22-17-14-19(24-15-17)9-11-20(12-10-19)18(21)8-13-23-16-6-4-3-5-7-16/h3-7,17H,2,8-15H2,1H3/t17-/m0/s1. The Morgan fingerprint density at radius 2 is 2.04 bits per heavy atom. The molecule has 1 amide bonds. The van der Waals surface area contributed by atoms with Crippen molar-refractivity contribution in [2.24, 2.45) is 0 Å². The zero-order chi connectivity index (χ0) is 16.8. The maximum Gasteiger partial charge on any atom is 0.226 e. The first-order valence-electron chi connectivity index (χ1n) is 8.92. The van der Waals surface area contributed by atoms with Crippen LogP contribution in [0.15, 0.2) is 30.3 Å². The molecule has 0 aromatic heterocycles. The molecule has 0 N–H and O–H groups in total. The summed E-state index contributed by atoms with van der Waals surface area (Å²) in [7, 11) is 0. The number of piperidine rings is 1. The Kier molecular flexibility index (Phi) is 5.74. The molecule has 1 aromatic rings. The molecule has 0 bridgehead atoms. The van der Waals surface area contributed by atoms with Crippen molar-refractivity contribution in [3.63, 3.8) is 0 Å². The summed E-state index contributed by atoms with van der Waals surface area (Å²) in [5, 5.41) is 0. The molecule has 24 heavy (non-hydrogen) atoms. The van der Waals surface area contributed by atoms with Gasteiger partial charge in [0.1, 0.15) is 5.75 Å². The molecule has 0 saturated carbocycles. The van der Waals surface area contributed by atoms with E-state index in [2.05, 4.69) is 0 Å². The highest BCUT2D eigenvalue weighted by molar-refractivity contribution is 5.76. The van der Waals surface area contributed by atoms with Gasteiger partial charge in [-0.3, -0.25) is 4.79 Å². The molecule has 1 spiro atoms. The second-order valence-electron chi connectivity index (χ2n) is 6.57. The summed E-state index contributed by atoms with van der Waals surface area (Å²) < 4.78 is 17.3. The van der Waals surface area contributed by atoms with Crippen LogP contribution < -0.4 is 4.74 Å². The van der Waals surface area contributed by atoms with E-state index in [0.717, 1.165) is 44.7 Å². The van der Waals surface area contributed by atoms with Crippen LogP contribution in [0.2, 0.25) is 0 Å². The maximum absolute atomic E-state index is 12.3. The van der Waals surface area contributed by atoms with E-state index in [-0.39, 0.29) is 17.6 Å². The Morgan fingerprint density at radius 3 is 2.75 bits per heavy atom. The summed E-state index contributed by atoms with van der Waals surface area (Å²) in [6.07, 6.45) is 3.41. The van der Waals surface area contributed by atoms with Crippen LogP contribution >= 0.6 is 0 Å². The van der Waals surface area contributed by atoms with Gasteiger partial charge in [-0.15, -0.1) is 0 Å². The van der Waals surface area contributed by atoms with Crippen LogP contribution in [0, 0.1) is 0 Å². The third kappa shape index (κ3) is 4.28. The van der Waals surface area contributed by atoms with Crippen LogP contribution in [0.5, 0.6) is 5.75 Å². The number of carbonyl (C=O) groups is 1. The molecule has 1 atom stereocenters. The van der Waals surface area contributed by atoms with E-state index >= 15 is 0 Å². The normalized spacial score (nSPS) is 22.7. The van der Waals surface area contributed by atoms with Gasteiger partial charge in [0, 0.05) is 26.1 Å². The number of hydrogen-bond acceptors (Lipinski definition) is 4. The monoisotopic (exact) mass is 333 g/mol. The zero-order valence-corrected chi connectivity index (χ0v) is 14.4. The first-order valence-corrected chi connectivity index (χ1v) is 8.92. The van der Waals surface area contributed by atoms with E-state index in [1.165, 1.54) is 0 Å². The Bertz CT molecular complexity index is 525. The molecule has 132 valence electrons. The molecule has 0 aliphatic carbocycles. The van der Waals surface area contributed by atoms with Crippen molar-refractivity contribution >= 4 is 5.91 Å². The molecule has 2 aliphatic rings. The summed E-state index contributed by atoms with van der Waals surface area (Å²) in [5.41, 5.74) is -0.0723. The Morgan fingerprint density at radius 1 is 1.29 bits per heavy atom. The highest BCUT2D eigenvalue weighted by Crippen LogP contribution is 2.37. The quantitative estimate of drug-likeness (QED) is 0.803. The van der Waals surface area contributed by atoms with Gasteiger partial charge in [-0.2, -0.15) is 0 Å². The fourth-order valence-corrected chi connectivity index (χ4v) is 3.59. The first-order chi connectivity index (χ1) is 11.7. The maximum atomic E-state index is 12.3. The molecular formula is C19H27NO4. The zero-order valence-electron chi connectivity index (χ0n) is 14.4. The summed E-state index contributed by atoms with van der Waals surface area (Å²) in [6, 6.07) is 9.61. The number of likely N-dealkylation sites (tertiary alicyclic amines) is 1. The SMILES string of the molecule is CCO[C@@H]1COC2(CCN(C(=O)CCOc3ccccc3)CC2)C1. The molecule has 2 aliphatic heterocycles. The molecule has 2 fully saturated rings. The predicted molar refractivity (Wildman–Crippen MR) is 91.1 cm³/mol. The number of hydrogen-bond donors (Lipinski definition) is 0. The summed E-state index contributed by atoms with van der Waals surface area (Å²) in [6.45, 7) is 5.39. The number of ether oxygens (including phenoxy) is 3. The smallest absolute Gasteiger partial charge is 0.226 e. The van der Waals surface area contributed by atoms with Gasteiger partial charge in [-0.25, -0.2) is 0 Å². The number of rotatable bonds is 6. The molecule has 2 saturated heterocycles. The third-order valence-corrected chi connectivity index (χ3v) is 4.93. The Hall–Kier alpha value is -1.59. The van der Waals surface area contributed by atoms with Gasteiger partial charge in [0.05, 0.1) is 31.3 Å². The average molecular weight is 333 g/mol. The van der Waals surface area contributed by atoms with Gasteiger partial charge in [-0.1, -0.05) is 18.2 Å². The largest absolute Gasteiger partial charge is 0.493 e. The van der Waals surface area contributed by atoms with E-state index in [1.807, 2.05) is 42.2 Å². The Labute approximate surface area is 143 Å². The molecule has 0 radical (unpaired) electrons. The highest BCUT2D eigenvalue weighted by atomic mass is 16.6. The van der Waals surface area contributed by atoms with Crippen molar-refractivity contribution in [3.8, 4) is 5.75 Å². The van der Waals surface area contributed by atoms with Gasteiger partial charge in [0.25, 0.3) is 0 Å². The van der Waals surface area contributed by atoms with Crippen LogP contribution in [-0.4, -0.2) is 55.4 Å². The number of benzene rings is 1. The van der Waals surface area contributed by atoms with E-state index < -0.39 is 0 Å². The van der Waals surface area contributed by atoms with Crippen LogP contribution in [0.25, 0.3) is 0 Å². The van der Waals surface area contributed by atoms with Gasteiger partial charge < -0.3 is 19.1 Å². The summed E-state index contributed by atoms with van der Waals surface area (Å²) in [5.74, 6) is 0.976. The molecule has 0 unspecified atom stereocenters. The third-order valence-electron chi connectivity index (χ3n) is 4.93. The van der Waals surface area contributed by atoms with E-state index in [0.29, 0.717) is 19.6 Å². The van der Waals surface area contributed by atoms with Crippen LogP contribution in [0.3, 0.4) is 0 Å². The molecule has 2 heterocycles. The average Bonchev–Trinajstić information content (AvgIpc) is 2.99.